The fourth-order valence-electron chi connectivity index (χ4n) is 2.87. The SMILES string of the molecule is Cc1nc2cc(NC(=O)c3cccc4cc[nH]c34)ccc2n1C. The number of benzene rings is 2. The van der Waals surface area contributed by atoms with Crippen LogP contribution in [0.1, 0.15) is 16.2 Å². The van der Waals surface area contributed by atoms with E-state index in [1.807, 2.05) is 67.2 Å². The largest absolute Gasteiger partial charge is 0.361 e. The van der Waals surface area contributed by atoms with Crippen LogP contribution in [0.5, 0.6) is 0 Å². The van der Waals surface area contributed by atoms with Gasteiger partial charge in [-0.2, -0.15) is 0 Å². The third-order valence-corrected chi connectivity index (χ3v) is 4.19. The molecule has 2 aromatic carbocycles. The molecular formula is C18H16N4O. The zero-order valence-electron chi connectivity index (χ0n) is 12.9. The average Bonchev–Trinajstić information content (AvgIpc) is 3.12. The Bertz CT molecular complexity index is 1040. The minimum absolute atomic E-state index is 0.134. The highest BCUT2D eigenvalue weighted by molar-refractivity contribution is 6.12. The van der Waals surface area contributed by atoms with Crippen molar-refractivity contribution in [3.8, 4) is 0 Å². The first-order valence-corrected chi connectivity index (χ1v) is 7.44. The van der Waals surface area contributed by atoms with E-state index >= 15 is 0 Å². The summed E-state index contributed by atoms with van der Waals surface area (Å²) in [4.78, 5) is 20.2. The van der Waals surface area contributed by atoms with Gasteiger partial charge in [0.2, 0.25) is 0 Å². The van der Waals surface area contributed by atoms with Crippen molar-refractivity contribution in [1.29, 1.82) is 0 Å². The summed E-state index contributed by atoms with van der Waals surface area (Å²) in [5.41, 5.74) is 4.14. The van der Waals surface area contributed by atoms with Crippen molar-refractivity contribution >= 4 is 33.5 Å². The number of hydrogen-bond acceptors (Lipinski definition) is 2. The van der Waals surface area contributed by atoms with Crippen LogP contribution in [0.2, 0.25) is 0 Å². The number of carbonyl (C=O) groups is 1. The van der Waals surface area contributed by atoms with E-state index in [4.69, 9.17) is 0 Å². The van der Waals surface area contributed by atoms with E-state index in [1.165, 1.54) is 0 Å². The van der Waals surface area contributed by atoms with Crippen LogP contribution in [0.4, 0.5) is 5.69 Å². The topological polar surface area (TPSA) is 62.7 Å². The van der Waals surface area contributed by atoms with Crippen LogP contribution >= 0.6 is 0 Å². The molecule has 0 saturated carbocycles. The number of H-pyrrole nitrogens is 1. The molecule has 114 valence electrons. The van der Waals surface area contributed by atoms with E-state index < -0.39 is 0 Å². The Morgan fingerprint density at radius 1 is 1.22 bits per heavy atom. The van der Waals surface area contributed by atoms with Gasteiger partial charge in [-0.15, -0.1) is 0 Å². The summed E-state index contributed by atoms with van der Waals surface area (Å²) < 4.78 is 2.03. The van der Waals surface area contributed by atoms with Crippen LogP contribution in [-0.2, 0) is 7.05 Å². The van der Waals surface area contributed by atoms with Crippen molar-refractivity contribution < 1.29 is 4.79 Å². The Labute approximate surface area is 133 Å². The first kappa shape index (κ1) is 13.6. The molecule has 5 heteroatoms. The van der Waals surface area contributed by atoms with E-state index in [0.717, 1.165) is 33.4 Å². The molecule has 23 heavy (non-hydrogen) atoms. The quantitative estimate of drug-likeness (QED) is 0.594. The van der Waals surface area contributed by atoms with Gasteiger partial charge in [0.1, 0.15) is 5.82 Å². The number of carbonyl (C=O) groups excluding carboxylic acids is 1. The molecule has 0 saturated heterocycles. The highest BCUT2D eigenvalue weighted by Crippen LogP contribution is 2.22. The van der Waals surface area contributed by atoms with Crippen LogP contribution < -0.4 is 5.32 Å². The molecular weight excluding hydrogens is 288 g/mol. The lowest BCUT2D eigenvalue weighted by molar-refractivity contribution is 0.102. The number of rotatable bonds is 2. The highest BCUT2D eigenvalue weighted by atomic mass is 16.1. The van der Waals surface area contributed by atoms with Gasteiger partial charge in [-0.1, -0.05) is 12.1 Å². The summed E-state index contributed by atoms with van der Waals surface area (Å²) in [6.07, 6.45) is 1.84. The maximum atomic E-state index is 12.6. The van der Waals surface area contributed by atoms with Crippen LogP contribution in [0, 0.1) is 6.92 Å². The van der Waals surface area contributed by atoms with Crippen molar-refractivity contribution in [2.24, 2.45) is 7.05 Å². The number of nitrogens with one attached hydrogen (secondary N) is 2. The third-order valence-electron chi connectivity index (χ3n) is 4.19. The molecule has 1 amide bonds. The molecule has 0 aliphatic carbocycles. The molecule has 2 heterocycles. The van der Waals surface area contributed by atoms with E-state index in [0.29, 0.717) is 5.56 Å². The van der Waals surface area contributed by atoms with Gasteiger partial charge >= 0.3 is 0 Å². The second-order valence-electron chi connectivity index (χ2n) is 5.62. The summed E-state index contributed by atoms with van der Waals surface area (Å²) in [6.45, 7) is 1.96. The van der Waals surface area contributed by atoms with Crippen LogP contribution in [-0.4, -0.2) is 20.4 Å². The van der Waals surface area contributed by atoms with E-state index in [2.05, 4.69) is 15.3 Å². The molecule has 0 atom stereocenters. The normalized spacial score (nSPS) is 11.2. The Morgan fingerprint density at radius 3 is 2.96 bits per heavy atom. The number of anilines is 1. The summed E-state index contributed by atoms with van der Waals surface area (Å²) in [5.74, 6) is 0.810. The zero-order valence-corrected chi connectivity index (χ0v) is 12.9. The van der Waals surface area contributed by atoms with Gasteiger partial charge in [-0.3, -0.25) is 4.79 Å². The summed E-state index contributed by atoms with van der Waals surface area (Å²) in [6, 6.07) is 13.4. The number of aromatic nitrogens is 3. The number of nitrogens with zero attached hydrogens (tertiary/aromatic N) is 2. The van der Waals surface area contributed by atoms with Crippen molar-refractivity contribution in [2.45, 2.75) is 6.92 Å². The first-order valence-electron chi connectivity index (χ1n) is 7.44. The smallest absolute Gasteiger partial charge is 0.257 e. The maximum absolute atomic E-state index is 12.6. The van der Waals surface area contributed by atoms with Gasteiger partial charge in [0.05, 0.1) is 22.1 Å². The Kier molecular flexibility index (Phi) is 2.94. The summed E-state index contributed by atoms with van der Waals surface area (Å²) >= 11 is 0. The first-order chi connectivity index (χ1) is 11.1. The lowest BCUT2D eigenvalue weighted by Gasteiger charge is -2.06. The molecule has 2 N–H and O–H groups in total. The predicted octanol–water partition coefficient (Wildman–Crippen LogP) is 3.62. The van der Waals surface area contributed by atoms with Crippen molar-refractivity contribution in [1.82, 2.24) is 14.5 Å². The lowest BCUT2D eigenvalue weighted by Crippen LogP contribution is -2.12. The fraction of sp³-hybridized carbons (Fsp3) is 0.111. The molecule has 5 nitrogen and oxygen atoms in total. The minimum atomic E-state index is -0.134. The number of imidazole rings is 1. The number of aryl methyl sites for hydroxylation is 2. The van der Waals surface area contributed by atoms with Gasteiger partial charge in [-0.25, -0.2) is 4.98 Å². The van der Waals surface area contributed by atoms with Crippen molar-refractivity contribution in [2.75, 3.05) is 5.32 Å². The van der Waals surface area contributed by atoms with Crippen molar-refractivity contribution in [3.05, 3.63) is 60.0 Å². The van der Waals surface area contributed by atoms with Gasteiger partial charge < -0.3 is 14.9 Å². The standard InChI is InChI=1S/C18H16N4O/c1-11-20-15-10-13(6-7-16(15)22(11)2)21-18(23)14-5-3-4-12-8-9-19-17(12)14/h3-10,19H,1-2H3,(H,21,23). The number of fused-ring (bicyclic) bond motifs is 2. The predicted molar refractivity (Wildman–Crippen MR) is 91.7 cm³/mol. The van der Waals surface area contributed by atoms with Crippen LogP contribution in [0.25, 0.3) is 21.9 Å². The van der Waals surface area contributed by atoms with Crippen LogP contribution in [0.3, 0.4) is 0 Å². The van der Waals surface area contributed by atoms with Gasteiger partial charge in [-0.05, 0) is 37.3 Å². The Hall–Kier alpha value is -3.08. The van der Waals surface area contributed by atoms with E-state index in [-0.39, 0.29) is 5.91 Å². The van der Waals surface area contributed by atoms with Gasteiger partial charge in [0.25, 0.3) is 5.91 Å². The fourth-order valence-corrected chi connectivity index (χ4v) is 2.87. The van der Waals surface area contributed by atoms with Crippen molar-refractivity contribution in [3.63, 3.8) is 0 Å². The maximum Gasteiger partial charge on any atom is 0.257 e. The monoisotopic (exact) mass is 304 g/mol. The highest BCUT2D eigenvalue weighted by Gasteiger charge is 2.12. The summed E-state index contributed by atoms with van der Waals surface area (Å²) in [7, 11) is 1.98. The molecule has 0 aliphatic rings. The third kappa shape index (κ3) is 2.17. The molecule has 0 unspecified atom stereocenters. The molecule has 2 aromatic heterocycles. The molecule has 4 aromatic rings. The van der Waals surface area contributed by atoms with Crippen LogP contribution in [0.15, 0.2) is 48.7 Å². The average molecular weight is 304 g/mol. The Morgan fingerprint density at radius 2 is 2.09 bits per heavy atom. The second-order valence-corrected chi connectivity index (χ2v) is 5.62. The number of para-hydroxylation sites is 1. The molecule has 0 radical (unpaired) electrons. The summed E-state index contributed by atoms with van der Waals surface area (Å²) in [5, 5.41) is 3.97. The zero-order chi connectivity index (χ0) is 16.0. The van der Waals surface area contributed by atoms with E-state index in [1.54, 1.807) is 0 Å². The molecule has 0 fully saturated rings. The Balaban J connectivity index is 1.70. The van der Waals surface area contributed by atoms with E-state index in [9.17, 15) is 4.79 Å². The molecule has 4 rings (SSSR count). The lowest BCUT2D eigenvalue weighted by atomic mass is 10.1. The molecule has 0 spiro atoms. The second kappa shape index (κ2) is 4.98. The number of hydrogen-bond donors (Lipinski definition) is 2. The van der Waals surface area contributed by atoms with Gasteiger partial charge in [0.15, 0.2) is 0 Å². The number of amides is 1. The number of aromatic amines is 1. The molecule has 0 aliphatic heterocycles. The molecule has 0 bridgehead atoms. The van der Waals surface area contributed by atoms with Gasteiger partial charge in [0, 0.05) is 24.3 Å². The minimum Gasteiger partial charge on any atom is -0.361 e.